The van der Waals surface area contributed by atoms with Gasteiger partial charge in [0, 0.05) is 6.54 Å². The Bertz CT molecular complexity index is 436. The number of likely N-dealkylation sites (N-methyl/N-ethyl adjacent to an activating group) is 1. The molecule has 0 saturated heterocycles. The van der Waals surface area contributed by atoms with E-state index < -0.39 is 0 Å². The molecule has 0 fully saturated rings. The van der Waals surface area contributed by atoms with Gasteiger partial charge in [-0.1, -0.05) is 51.5 Å². The van der Waals surface area contributed by atoms with Gasteiger partial charge < -0.3 is 0 Å². The topological polar surface area (TPSA) is 20.3 Å². The van der Waals surface area contributed by atoms with Crippen LogP contribution >= 0.6 is 0 Å². The Morgan fingerprint density at radius 1 is 1.19 bits per heavy atom. The summed E-state index contributed by atoms with van der Waals surface area (Å²) in [6, 6.07) is 0. The molecule has 0 saturated carbocycles. The van der Waals surface area contributed by atoms with Crippen molar-refractivity contribution in [3.8, 4) is 0 Å². The molecule has 2 heteroatoms. The lowest BCUT2D eigenvalue weighted by Gasteiger charge is -2.22. The van der Waals surface area contributed by atoms with E-state index in [1.54, 1.807) is 6.08 Å². The first-order chi connectivity index (χ1) is 9.88. The van der Waals surface area contributed by atoms with Crippen LogP contribution < -0.4 is 0 Å². The highest BCUT2D eigenvalue weighted by Gasteiger charge is 2.15. The van der Waals surface area contributed by atoms with Crippen molar-refractivity contribution in [1.29, 1.82) is 0 Å². The molecule has 0 aromatic heterocycles. The molecule has 118 valence electrons. The number of allylic oxidation sites excluding steroid dienone is 5. The summed E-state index contributed by atoms with van der Waals surface area (Å²) in [6.45, 7) is 14.0. The maximum Gasteiger partial charge on any atom is 0.180 e. The van der Waals surface area contributed by atoms with Gasteiger partial charge in [0.1, 0.15) is 0 Å². The van der Waals surface area contributed by atoms with Gasteiger partial charge in [-0.05, 0) is 56.3 Å². The number of carbonyl (C=O) groups excluding carboxylic acids is 1. The van der Waals surface area contributed by atoms with Crippen LogP contribution in [0.5, 0.6) is 0 Å². The van der Waals surface area contributed by atoms with Gasteiger partial charge in [0.2, 0.25) is 0 Å². The highest BCUT2D eigenvalue weighted by atomic mass is 16.1. The zero-order chi connectivity index (χ0) is 15.9. The second-order valence-corrected chi connectivity index (χ2v) is 6.64. The number of nitrogens with zero attached hydrogens (tertiary/aromatic N) is 1. The monoisotopic (exact) mass is 289 g/mol. The maximum atomic E-state index is 12.0. The van der Waals surface area contributed by atoms with E-state index in [-0.39, 0.29) is 11.2 Å². The fourth-order valence-corrected chi connectivity index (χ4v) is 2.46. The van der Waals surface area contributed by atoms with Crippen LogP contribution in [0.15, 0.2) is 35.5 Å². The van der Waals surface area contributed by atoms with Gasteiger partial charge in [-0.3, -0.25) is 9.69 Å². The summed E-state index contributed by atoms with van der Waals surface area (Å²) >= 11 is 0. The van der Waals surface area contributed by atoms with Crippen molar-refractivity contribution in [3.63, 3.8) is 0 Å². The molecular weight excluding hydrogens is 258 g/mol. The summed E-state index contributed by atoms with van der Waals surface area (Å²) in [5.74, 6) is 0.148. The van der Waals surface area contributed by atoms with E-state index in [9.17, 15) is 4.79 Å². The molecule has 0 aromatic rings. The Morgan fingerprint density at radius 3 is 2.48 bits per heavy atom. The summed E-state index contributed by atoms with van der Waals surface area (Å²) < 4.78 is 0. The summed E-state index contributed by atoms with van der Waals surface area (Å²) in [5.41, 5.74) is 2.40. The van der Waals surface area contributed by atoms with Gasteiger partial charge in [0.15, 0.2) is 5.78 Å². The van der Waals surface area contributed by atoms with E-state index >= 15 is 0 Å². The second-order valence-electron chi connectivity index (χ2n) is 6.64. The largest absolute Gasteiger partial charge is 0.300 e. The van der Waals surface area contributed by atoms with Gasteiger partial charge in [-0.25, -0.2) is 0 Å². The highest BCUT2D eigenvalue weighted by molar-refractivity contribution is 6.03. The van der Waals surface area contributed by atoms with Crippen LogP contribution in [0.2, 0.25) is 0 Å². The molecule has 1 aliphatic carbocycles. The maximum absolute atomic E-state index is 12.0. The van der Waals surface area contributed by atoms with Crippen LogP contribution in [-0.4, -0.2) is 30.3 Å². The van der Waals surface area contributed by atoms with Crippen molar-refractivity contribution < 1.29 is 4.79 Å². The molecule has 0 unspecified atom stereocenters. The van der Waals surface area contributed by atoms with Crippen molar-refractivity contribution in [1.82, 2.24) is 4.90 Å². The smallest absolute Gasteiger partial charge is 0.180 e. The van der Waals surface area contributed by atoms with Crippen molar-refractivity contribution in [2.75, 3.05) is 19.6 Å². The third kappa shape index (κ3) is 6.43. The van der Waals surface area contributed by atoms with Crippen LogP contribution in [0.3, 0.4) is 0 Å². The van der Waals surface area contributed by atoms with Gasteiger partial charge in [-0.15, -0.1) is 0 Å². The summed E-state index contributed by atoms with van der Waals surface area (Å²) in [5, 5.41) is 0. The SMILES string of the molecule is CCN(CC)C/C1=C\CC(C)(C)/C=C/C(=O)/C(C)=C/CC1. The fraction of sp³-hybridized carbons (Fsp3) is 0.632. The zero-order valence-corrected chi connectivity index (χ0v) is 14.4. The van der Waals surface area contributed by atoms with Crippen molar-refractivity contribution in [3.05, 3.63) is 35.5 Å². The molecule has 0 heterocycles. The number of hydrogen-bond acceptors (Lipinski definition) is 2. The first-order valence-corrected chi connectivity index (χ1v) is 8.18. The summed E-state index contributed by atoms with van der Waals surface area (Å²) in [6.07, 6.45) is 11.3. The third-order valence-electron chi connectivity index (χ3n) is 4.23. The lowest BCUT2D eigenvalue weighted by Crippen LogP contribution is -2.25. The Kier molecular flexibility index (Phi) is 7.10. The number of rotatable bonds is 4. The van der Waals surface area contributed by atoms with E-state index in [2.05, 4.69) is 50.8 Å². The van der Waals surface area contributed by atoms with Gasteiger partial charge in [-0.2, -0.15) is 0 Å². The predicted octanol–water partition coefficient (Wildman–Crippen LogP) is 4.54. The molecular formula is C19H31NO. The molecule has 0 radical (unpaired) electrons. The molecule has 0 aliphatic heterocycles. The van der Waals surface area contributed by atoms with E-state index in [0.717, 1.165) is 44.5 Å². The minimum Gasteiger partial charge on any atom is -0.300 e. The van der Waals surface area contributed by atoms with Crippen LogP contribution in [-0.2, 0) is 4.79 Å². The van der Waals surface area contributed by atoms with Crippen molar-refractivity contribution >= 4 is 5.78 Å². The quantitative estimate of drug-likeness (QED) is 0.708. The third-order valence-corrected chi connectivity index (χ3v) is 4.23. The predicted molar refractivity (Wildman–Crippen MR) is 91.4 cm³/mol. The number of ketones is 1. The molecule has 0 bridgehead atoms. The first kappa shape index (κ1) is 17.9. The Morgan fingerprint density at radius 2 is 1.86 bits per heavy atom. The molecule has 0 aromatic carbocycles. The van der Waals surface area contributed by atoms with E-state index in [1.165, 1.54) is 5.57 Å². The van der Waals surface area contributed by atoms with E-state index in [0.29, 0.717) is 0 Å². The number of hydrogen-bond donors (Lipinski definition) is 0. The molecule has 1 rings (SSSR count). The van der Waals surface area contributed by atoms with Crippen LogP contribution in [0.25, 0.3) is 0 Å². The minimum absolute atomic E-state index is 0.0365. The standard InChI is InChI=1S/C19H31NO/c1-6-20(7-2)15-17-10-8-9-16(3)18(21)12-14-19(4,5)13-11-17/h9,11-12,14H,6-8,10,13,15H2,1-5H3/b14-12+,16-9+,17-11-. The van der Waals surface area contributed by atoms with E-state index in [4.69, 9.17) is 0 Å². The Labute approximate surface area is 130 Å². The van der Waals surface area contributed by atoms with Crippen LogP contribution in [0.4, 0.5) is 0 Å². The summed E-state index contributed by atoms with van der Waals surface area (Å²) in [4.78, 5) is 14.5. The molecule has 0 amide bonds. The lowest BCUT2D eigenvalue weighted by molar-refractivity contribution is -0.111. The van der Waals surface area contributed by atoms with Crippen molar-refractivity contribution in [2.24, 2.45) is 5.41 Å². The number of carbonyl (C=O) groups is 1. The Hall–Kier alpha value is -1.15. The lowest BCUT2D eigenvalue weighted by atomic mass is 9.87. The zero-order valence-electron chi connectivity index (χ0n) is 14.4. The minimum atomic E-state index is 0.0365. The van der Waals surface area contributed by atoms with Crippen LogP contribution in [0, 0.1) is 5.41 Å². The van der Waals surface area contributed by atoms with Crippen molar-refractivity contribution in [2.45, 2.75) is 53.9 Å². The molecule has 2 nitrogen and oxygen atoms in total. The highest BCUT2D eigenvalue weighted by Crippen LogP contribution is 2.25. The van der Waals surface area contributed by atoms with Gasteiger partial charge in [0.25, 0.3) is 0 Å². The first-order valence-electron chi connectivity index (χ1n) is 8.18. The normalized spacial score (nSPS) is 26.5. The molecule has 0 N–H and O–H groups in total. The molecule has 0 atom stereocenters. The summed E-state index contributed by atoms with van der Waals surface area (Å²) in [7, 11) is 0. The average molecular weight is 289 g/mol. The second kappa shape index (κ2) is 8.33. The fourth-order valence-electron chi connectivity index (χ4n) is 2.46. The molecule has 0 spiro atoms. The molecule has 1 aliphatic rings. The molecule has 21 heavy (non-hydrogen) atoms. The van der Waals surface area contributed by atoms with E-state index in [1.807, 2.05) is 6.92 Å². The van der Waals surface area contributed by atoms with Crippen LogP contribution in [0.1, 0.15) is 53.9 Å². The van der Waals surface area contributed by atoms with Gasteiger partial charge >= 0.3 is 0 Å². The van der Waals surface area contributed by atoms with Gasteiger partial charge in [0.05, 0.1) is 0 Å². The Balaban J connectivity index is 2.93. The average Bonchev–Trinajstić information content (AvgIpc) is 2.47.